The SMILES string of the molecule is C[C@H]1CCC(C(OCCCCCn2nc(Cc3ccc(F)c(C(=O)N4CCN(C(=O)C5CC5)CC4)c3)c3ccccc3c2=O)C(F)(F)F)N1c1ccc2[nH]c(=O)cc(C(F)(F)F)c2c1. The second kappa shape index (κ2) is 18.0. The second-order valence-electron chi connectivity index (χ2n) is 17.0. The molecule has 64 heavy (non-hydrogen) atoms. The minimum atomic E-state index is -4.87. The van der Waals surface area contributed by atoms with Crippen LogP contribution in [0, 0.1) is 11.7 Å². The van der Waals surface area contributed by atoms with Crippen LogP contribution >= 0.6 is 0 Å². The highest BCUT2D eigenvalue weighted by Gasteiger charge is 2.51. The summed E-state index contributed by atoms with van der Waals surface area (Å²) < 4.78 is 108. The molecule has 3 atom stereocenters. The summed E-state index contributed by atoms with van der Waals surface area (Å²) in [5.41, 5.74) is -1.45. The van der Waals surface area contributed by atoms with E-state index in [9.17, 15) is 45.5 Å². The number of nitrogens with one attached hydrogen (secondary N) is 1. The van der Waals surface area contributed by atoms with Crippen molar-refractivity contribution in [2.24, 2.45) is 5.92 Å². The summed E-state index contributed by atoms with van der Waals surface area (Å²) in [5, 5.41) is 5.30. The normalized spacial score (nSPS) is 18.9. The minimum absolute atomic E-state index is 0.0723. The minimum Gasteiger partial charge on any atom is -0.367 e. The maximum Gasteiger partial charge on any atom is 0.417 e. The zero-order valence-corrected chi connectivity index (χ0v) is 35.0. The molecule has 2 aliphatic heterocycles. The average Bonchev–Trinajstić information content (AvgIpc) is 4.05. The van der Waals surface area contributed by atoms with Crippen LogP contribution in [-0.4, -0.2) is 93.5 Å². The van der Waals surface area contributed by atoms with Gasteiger partial charge in [-0.05, 0) is 93.8 Å². The molecule has 2 amide bonds. The van der Waals surface area contributed by atoms with Crippen LogP contribution in [0.3, 0.4) is 0 Å². The number of H-pyrrole nitrogens is 1. The number of nitrogens with zero attached hydrogens (tertiary/aromatic N) is 5. The zero-order chi connectivity index (χ0) is 45.5. The number of piperazine rings is 1. The van der Waals surface area contributed by atoms with E-state index in [0.717, 1.165) is 18.9 Å². The number of fused-ring (bicyclic) bond motifs is 2. The summed E-state index contributed by atoms with van der Waals surface area (Å²) in [6.45, 7) is 2.93. The van der Waals surface area contributed by atoms with Crippen LogP contribution in [0.25, 0.3) is 21.7 Å². The van der Waals surface area contributed by atoms with Crippen molar-refractivity contribution in [1.29, 1.82) is 0 Å². The monoisotopic (exact) mass is 896 g/mol. The first-order chi connectivity index (χ1) is 30.5. The predicted molar refractivity (Wildman–Crippen MR) is 225 cm³/mol. The van der Waals surface area contributed by atoms with Gasteiger partial charge in [0.1, 0.15) is 5.82 Å². The number of pyridine rings is 1. The van der Waals surface area contributed by atoms with Crippen LogP contribution in [0.5, 0.6) is 0 Å². The van der Waals surface area contributed by atoms with E-state index in [2.05, 4.69) is 10.1 Å². The number of benzene rings is 3. The topological polar surface area (TPSA) is 121 Å². The quantitative estimate of drug-likeness (QED) is 0.0945. The maximum atomic E-state index is 15.1. The van der Waals surface area contributed by atoms with Crippen molar-refractivity contribution < 1.29 is 45.1 Å². The molecule has 2 unspecified atom stereocenters. The molecule has 0 bridgehead atoms. The van der Waals surface area contributed by atoms with E-state index in [1.54, 1.807) is 47.1 Å². The van der Waals surface area contributed by atoms with Gasteiger partial charge in [0, 0.05) is 85.8 Å². The number of aromatic nitrogens is 3. The Hall–Kier alpha value is -5.78. The summed E-state index contributed by atoms with van der Waals surface area (Å²) in [4.78, 5) is 58.6. The van der Waals surface area contributed by atoms with Gasteiger partial charge in [0.2, 0.25) is 11.5 Å². The number of aryl methyl sites for hydroxylation is 1. The van der Waals surface area contributed by atoms with E-state index in [4.69, 9.17) is 4.74 Å². The van der Waals surface area contributed by atoms with Crippen LogP contribution in [0.4, 0.5) is 36.4 Å². The molecule has 3 aliphatic rings. The van der Waals surface area contributed by atoms with E-state index in [1.165, 1.54) is 33.8 Å². The number of amides is 2. The van der Waals surface area contributed by atoms with E-state index >= 15 is 4.39 Å². The number of anilines is 1. The smallest absolute Gasteiger partial charge is 0.367 e. The Labute approximate surface area is 362 Å². The molecule has 8 rings (SSSR count). The van der Waals surface area contributed by atoms with Gasteiger partial charge in [0.05, 0.1) is 28.2 Å². The van der Waals surface area contributed by atoms with E-state index < -0.39 is 53.4 Å². The molecule has 11 nitrogen and oxygen atoms in total. The molecule has 2 saturated heterocycles. The first-order valence-corrected chi connectivity index (χ1v) is 21.5. The summed E-state index contributed by atoms with van der Waals surface area (Å²) >= 11 is 0. The number of alkyl halides is 6. The lowest BCUT2D eigenvalue weighted by atomic mass is 10.0. The van der Waals surface area contributed by atoms with Crippen LogP contribution < -0.4 is 16.0 Å². The molecular weight excluding hydrogens is 850 g/mol. The Kier molecular flexibility index (Phi) is 12.6. The van der Waals surface area contributed by atoms with Gasteiger partial charge in [-0.1, -0.05) is 24.3 Å². The number of halogens is 7. The fraction of sp³-hybridized carbons (Fsp3) is 0.457. The first-order valence-electron chi connectivity index (χ1n) is 21.5. The fourth-order valence-corrected chi connectivity index (χ4v) is 9.09. The van der Waals surface area contributed by atoms with Crippen molar-refractivity contribution in [3.63, 3.8) is 0 Å². The lowest BCUT2D eigenvalue weighted by Gasteiger charge is -2.36. The fourth-order valence-electron chi connectivity index (χ4n) is 9.09. The lowest BCUT2D eigenvalue weighted by molar-refractivity contribution is -0.226. The molecule has 0 spiro atoms. The third-order valence-corrected chi connectivity index (χ3v) is 12.5. The van der Waals surface area contributed by atoms with Crippen LogP contribution in [0.1, 0.15) is 79.0 Å². The molecule has 1 N–H and O–H groups in total. The van der Waals surface area contributed by atoms with Crippen LogP contribution in [0.2, 0.25) is 0 Å². The number of aromatic amines is 1. The average molecular weight is 897 g/mol. The summed E-state index contributed by atoms with van der Waals surface area (Å²) in [5.74, 6) is -0.982. The largest absolute Gasteiger partial charge is 0.417 e. The zero-order valence-electron chi connectivity index (χ0n) is 35.0. The Morgan fingerprint density at radius 3 is 2.25 bits per heavy atom. The third-order valence-electron chi connectivity index (χ3n) is 12.5. The molecule has 0 radical (unpaired) electrons. The van der Waals surface area contributed by atoms with Crippen LogP contribution in [0.15, 0.2) is 76.3 Å². The Morgan fingerprint density at radius 1 is 0.828 bits per heavy atom. The van der Waals surface area contributed by atoms with Crippen molar-refractivity contribution in [3.8, 4) is 0 Å². The van der Waals surface area contributed by atoms with Gasteiger partial charge >= 0.3 is 12.4 Å². The molecule has 2 aromatic heterocycles. The third kappa shape index (κ3) is 9.52. The summed E-state index contributed by atoms with van der Waals surface area (Å²) in [6.07, 6.45) is -8.60. The molecule has 3 fully saturated rings. The van der Waals surface area contributed by atoms with Gasteiger partial charge in [-0.2, -0.15) is 31.4 Å². The molecule has 1 aliphatic carbocycles. The molecule has 4 heterocycles. The highest BCUT2D eigenvalue weighted by molar-refractivity contribution is 5.95. The Morgan fingerprint density at radius 2 is 1.55 bits per heavy atom. The highest BCUT2D eigenvalue weighted by atomic mass is 19.4. The molecule has 1 saturated carbocycles. The van der Waals surface area contributed by atoms with E-state index in [0.29, 0.717) is 73.5 Å². The van der Waals surface area contributed by atoms with Gasteiger partial charge in [-0.25, -0.2) is 9.07 Å². The lowest BCUT2D eigenvalue weighted by Crippen LogP contribution is -2.51. The Balaban J connectivity index is 0.914. The van der Waals surface area contributed by atoms with Gasteiger partial charge in [-0.3, -0.25) is 19.2 Å². The van der Waals surface area contributed by atoms with Gasteiger partial charge in [0.25, 0.3) is 11.5 Å². The molecule has 340 valence electrons. The molecule has 3 aromatic carbocycles. The van der Waals surface area contributed by atoms with Crippen LogP contribution in [-0.2, 0) is 28.7 Å². The van der Waals surface area contributed by atoms with E-state index in [-0.39, 0.29) is 72.0 Å². The van der Waals surface area contributed by atoms with Crippen molar-refractivity contribution in [1.82, 2.24) is 24.6 Å². The van der Waals surface area contributed by atoms with Crippen molar-refractivity contribution in [2.45, 2.75) is 95.4 Å². The molecule has 18 heteroatoms. The number of ether oxygens (including phenoxy) is 1. The number of hydrogen-bond acceptors (Lipinski definition) is 7. The summed E-state index contributed by atoms with van der Waals surface area (Å²) in [6, 6.07) is 13.7. The predicted octanol–water partition coefficient (Wildman–Crippen LogP) is 7.86. The standard InChI is InChI=1S/C46H47F7N6O5/c1-27-9-16-39(59(27)30-13-15-37-33(25-30)35(45(48,49)50)26-40(60)54-37)41(46(51,52)53)64-22-6-2-5-17-58-44(63)32-8-4-3-7-31(32)38(55-58)24-28-10-14-36(47)34(23-28)43(62)57-20-18-56(19-21-57)42(61)29-11-12-29/h3-4,7-8,10,13-15,23,25-27,29,39,41H,2,5-6,9,11-12,16-22,24H2,1H3,(H,54,60)/t27-,39?,41?/m0/s1. The van der Waals surface area contributed by atoms with E-state index in [1.807, 2.05) is 0 Å². The summed E-state index contributed by atoms with van der Waals surface area (Å²) in [7, 11) is 0. The van der Waals surface area contributed by atoms with Gasteiger partial charge in [0.15, 0.2) is 6.10 Å². The molecular formula is C46H47F7N6O5. The number of carbonyl (C=O) groups is 2. The number of rotatable bonds is 13. The number of hydrogen-bond donors (Lipinski definition) is 1. The maximum absolute atomic E-state index is 15.1. The molecule has 5 aromatic rings. The van der Waals surface area contributed by atoms with Crippen molar-refractivity contribution >= 4 is 39.2 Å². The van der Waals surface area contributed by atoms with Gasteiger partial charge < -0.3 is 24.4 Å². The van der Waals surface area contributed by atoms with Crippen molar-refractivity contribution in [3.05, 3.63) is 116 Å². The first kappa shape index (κ1) is 44.8. The number of unbranched alkanes of at least 4 members (excludes halogenated alkanes) is 2. The Bertz CT molecular complexity index is 2670. The highest BCUT2D eigenvalue weighted by Crippen LogP contribution is 2.41. The number of carbonyl (C=O) groups excluding carboxylic acids is 2. The van der Waals surface area contributed by atoms with Gasteiger partial charge in [-0.15, -0.1) is 0 Å². The second-order valence-corrected chi connectivity index (χ2v) is 17.0. The van der Waals surface area contributed by atoms with Crippen molar-refractivity contribution in [2.75, 3.05) is 37.7 Å².